The van der Waals surface area contributed by atoms with Gasteiger partial charge in [-0.05, 0) is 47.5 Å². The number of benzene rings is 1. The molecule has 0 spiro atoms. The van der Waals surface area contributed by atoms with Gasteiger partial charge in [-0.3, -0.25) is 10.1 Å². The average molecular weight is 325 g/mol. The van der Waals surface area contributed by atoms with Crippen LogP contribution in [0.4, 0.5) is 11.4 Å². The normalized spacial score (nSPS) is 10.5. The van der Waals surface area contributed by atoms with Crippen molar-refractivity contribution in [3.8, 4) is 0 Å². The maximum atomic E-state index is 10.8. The molecule has 1 aromatic heterocycles. The number of nitro groups is 1. The van der Waals surface area contributed by atoms with Crippen molar-refractivity contribution in [1.82, 2.24) is 0 Å². The van der Waals surface area contributed by atoms with E-state index < -0.39 is 0 Å². The van der Waals surface area contributed by atoms with Gasteiger partial charge >= 0.3 is 0 Å². The molecule has 2 aromatic rings. The van der Waals surface area contributed by atoms with Gasteiger partial charge < -0.3 is 9.73 Å². The summed E-state index contributed by atoms with van der Waals surface area (Å²) in [5, 5.41) is 14.1. The van der Waals surface area contributed by atoms with E-state index in [9.17, 15) is 10.1 Å². The zero-order chi connectivity index (χ0) is 14.0. The number of nitrogens with zero attached hydrogens (tertiary/aromatic N) is 1. The molecule has 0 unspecified atom stereocenters. The Morgan fingerprint density at radius 2 is 2.11 bits per heavy atom. The number of anilines is 1. The molecule has 0 aliphatic carbocycles. The second-order valence-electron chi connectivity index (χ2n) is 4.26. The molecule has 1 N–H and O–H groups in total. The Hall–Kier alpha value is -1.82. The van der Waals surface area contributed by atoms with Crippen LogP contribution in [0.15, 0.2) is 33.4 Å². The molecule has 0 radical (unpaired) electrons. The lowest BCUT2D eigenvalue weighted by molar-refractivity contribution is -0.385. The van der Waals surface area contributed by atoms with Crippen LogP contribution in [0.5, 0.6) is 0 Å². The first-order valence-corrected chi connectivity index (χ1v) is 6.49. The van der Waals surface area contributed by atoms with E-state index in [1.165, 1.54) is 0 Å². The lowest BCUT2D eigenvalue weighted by Gasteiger charge is -2.10. The van der Waals surface area contributed by atoms with Crippen LogP contribution in [-0.4, -0.2) is 4.92 Å². The summed E-state index contributed by atoms with van der Waals surface area (Å²) >= 11 is 3.38. The van der Waals surface area contributed by atoms with E-state index in [1.54, 1.807) is 25.3 Å². The third kappa shape index (κ3) is 2.96. The van der Waals surface area contributed by atoms with Gasteiger partial charge in [0.1, 0.15) is 5.76 Å². The van der Waals surface area contributed by atoms with Crippen molar-refractivity contribution in [2.45, 2.75) is 20.4 Å². The van der Waals surface area contributed by atoms with E-state index in [1.807, 2.05) is 13.0 Å². The molecule has 0 saturated carbocycles. The van der Waals surface area contributed by atoms with Crippen molar-refractivity contribution in [3.05, 3.63) is 55.9 Å². The highest BCUT2D eigenvalue weighted by molar-refractivity contribution is 9.10. The van der Waals surface area contributed by atoms with Gasteiger partial charge in [0, 0.05) is 17.3 Å². The summed E-state index contributed by atoms with van der Waals surface area (Å²) in [5.74, 6) is 0.787. The molecule has 0 fully saturated rings. The standard InChI is InChI=1S/C13H13BrN2O3/c1-8-6-12(16(17)18)9(2)5-11(8)15-7-13-10(14)3-4-19-13/h3-6,15H,7H2,1-2H3. The Kier molecular flexibility index (Phi) is 3.90. The van der Waals surface area contributed by atoms with Crippen LogP contribution in [0.2, 0.25) is 0 Å². The fourth-order valence-corrected chi connectivity index (χ4v) is 2.16. The predicted octanol–water partition coefficient (Wildman–Crippen LogP) is 4.18. The molecule has 2 rings (SSSR count). The first kappa shape index (κ1) is 13.6. The fourth-order valence-electron chi connectivity index (χ4n) is 1.81. The zero-order valence-corrected chi connectivity index (χ0v) is 12.2. The summed E-state index contributed by atoms with van der Waals surface area (Å²) in [6.07, 6.45) is 1.61. The van der Waals surface area contributed by atoms with E-state index >= 15 is 0 Å². The predicted molar refractivity (Wildman–Crippen MR) is 76.3 cm³/mol. The van der Waals surface area contributed by atoms with Gasteiger partial charge in [0.25, 0.3) is 5.69 Å². The van der Waals surface area contributed by atoms with Gasteiger partial charge in [0.2, 0.25) is 0 Å². The molecule has 5 nitrogen and oxygen atoms in total. The minimum absolute atomic E-state index is 0.141. The van der Waals surface area contributed by atoms with E-state index in [4.69, 9.17) is 4.42 Å². The summed E-state index contributed by atoms with van der Waals surface area (Å²) in [4.78, 5) is 10.5. The first-order valence-electron chi connectivity index (χ1n) is 5.70. The topological polar surface area (TPSA) is 68.3 Å². The summed E-state index contributed by atoms with van der Waals surface area (Å²) in [6.45, 7) is 4.09. The SMILES string of the molecule is Cc1cc([N+](=O)[O-])c(C)cc1NCc1occc1Br. The van der Waals surface area contributed by atoms with Crippen molar-refractivity contribution in [3.63, 3.8) is 0 Å². The van der Waals surface area contributed by atoms with E-state index in [0.29, 0.717) is 12.1 Å². The maximum Gasteiger partial charge on any atom is 0.272 e. The quantitative estimate of drug-likeness (QED) is 0.676. The smallest absolute Gasteiger partial charge is 0.272 e. The van der Waals surface area contributed by atoms with Gasteiger partial charge in [-0.1, -0.05) is 0 Å². The van der Waals surface area contributed by atoms with Gasteiger partial charge in [0.05, 0.1) is 22.2 Å². The van der Waals surface area contributed by atoms with Gasteiger partial charge in [0.15, 0.2) is 0 Å². The molecule has 0 atom stereocenters. The summed E-state index contributed by atoms with van der Waals surface area (Å²) in [5.41, 5.74) is 2.48. The molecular weight excluding hydrogens is 312 g/mol. The molecule has 100 valence electrons. The van der Waals surface area contributed by atoms with Gasteiger partial charge in [-0.25, -0.2) is 0 Å². The van der Waals surface area contributed by atoms with Crippen LogP contribution in [0.25, 0.3) is 0 Å². The first-order chi connectivity index (χ1) is 8.99. The van der Waals surface area contributed by atoms with Crippen molar-refractivity contribution in [2.24, 2.45) is 0 Å². The molecule has 19 heavy (non-hydrogen) atoms. The number of aryl methyl sites for hydroxylation is 2. The maximum absolute atomic E-state index is 10.8. The molecule has 0 aliphatic heterocycles. The van der Waals surface area contributed by atoms with Crippen molar-refractivity contribution >= 4 is 27.3 Å². The number of nitro benzene ring substituents is 1. The van der Waals surface area contributed by atoms with Crippen molar-refractivity contribution in [2.75, 3.05) is 5.32 Å². The Labute approximate surface area is 118 Å². The number of hydrogen-bond donors (Lipinski definition) is 1. The zero-order valence-electron chi connectivity index (χ0n) is 10.6. The van der Waals surface area contributed by atoms with Crippen LogP contribution in [0.3, 0.4) is 0 Å². The monoisotopic (exact) mass is 324 g/mol. The Morgan fingerprint density at radius 1 is 1.37 bits per heavy atom. The number of hydrogen-bond acceptors (Lipinski definition) is 4. The van der Waals surface area contributed by atoms with E-state index in [0.717, 1.165) is 21.5 Å². The average Bonchev–Trinajstić information content (AvgIpc) is 2.75. The Morgan fingerprint density at radius 3 is 2.68 bits per heavy atom. The van der Waals surface area contributed by atoms with Crippen LogP contribution < -0.4 is 5.32 Å². The summed E-state index contributed by atoms with van der Waals surface area (Å²) in [7, 11) is 0. The molecule has 1 aromatic carbocycles. The molecule has 0 amide bonds. The highest BCUT2D eigenvalue weighted by Gasteiger charge is 2.13. The summed E-state index contributed by atoms with van der Waals surface area (Å²) in [6, 6.07) is 5.18. The van der Waals surface area contributed by atoms with Crippen LogP contribution in [0, 0.1) is 24.0 Å². The van der Waals surface area contributed by atoms with E-state index in [-0.39, 0.29) is 10.6 Å². The molecule has 0 aliphatic rings. The lowest BCUT2D eigenvalue weighted by atomic mass is 10.1. The minimum Gasteiger partial charge on any atom is -0.466 e. The molecular formula is C13H13BrN2O3. The van der Waals surface area contributed by atoms with Gasteiger partial charge in [-0.15, -0.1) is 0 Å². The summed E-state index contributed by atoms with van der Waals surface area (Å²) < 4.78 is 6.20. The van der Waals surface area contributed by atoms with E-state index in [2.05, 4.69) is 21.2 Å². The number of rotatable bonds is 4. The molecule has 0 bridgehead atoms. The third-order valence-electron chi connectivity index (χ3n) is 2.87. The second kappa shape index (κ2) is 5.44. The Bertz CT molecular complexity index is 622. The Balaban J connectivity index is 2.20. The number of furan rings is 1. The highest BCUT2D eigenvalue weighted by atomic mass is 79.9. The lowest BCUT2D eigenvalue weighted by Crippen LogP contribution is -2.02. The molecule has 1 heterocycles. The third-order valence-corrected chi connectivity index (χ3v) is 3.58. The molecule has 0 saturated heterocycles. The van der Waals surface area contributed by atoms with Crippen LogP contribution in [-0.2, 0) is 6.54 Å². The van der Waals surface area contributed by atoms with Crippen LogP contribution in [0.1, 0.15) is 16.9 Å². The second-order valence-corrected chi connectivity index (χ2v) is 5.11. The van der Waals surface area contributed by atoms with Crippen molar-refractivity contribution in [1.29, 1.82) is 0 Å². The largest absolute Gasteiger partial charge is 0.466 e. The highest BCUT2D eigenvalue weighted by Crippen LogP contribution is 2.27. The number of halogens is 1. The minimum atomic E-state index is -0.366. The van der Waals surface area contributed by atoms with Crippen molar-refractivity contribution < 1.29 is 9.34 Å². The molecule has 6 heteroatoms. The van der Waals surface area contributed by atoms with Gasteiger partial charge in [-0.2, -0.15) is 0 Å². The fraction of sp³-hybridized carbons (Fsp3) is 0.231. The number of nitrogens with one attached hydrogen (secondary N) is 1. The van der Waals surface area contributed by atoms with Crippen LogP contribution >= 0.6 is 15.9 Å².